The molecule has 0 saturated heterocycles. The van der Waals surface area contributed by atoms with Crippen molar-refractivity contribution in [2.24, 2.45) is 0 Å². The highest BCUT2D eigenvalue weighted by atomic mass is 35.5. The smallest absolute Gasteiger partial charge is 0.419 e. The van der Waals surface area contributed by atoms with Crippen molar-refractivity contribution in [3.63, 3.8) is 0 Å². The molecule has 0 bridgehead atoms. The molecule has 194 valence electrons. The molecule has 3 aromatic rings. The van der Waals surface area contributed by atoms with Crippen molar-refractivity contribution in [3.8, 4) is 0 Å². The van der Waals surface area contributed by atoms with Crippen LogP contribution in [0.3, 0.4) is 0 Å². The van der Waals surface area contributed by atoms with Gasteiger partial charge in [-0.3, -0.25) is 9.59 Å². The van der Waals surface area contributed by atoms with E-state index in [2.05, 4.69) is 0 Å². The molecule has 0 atom stereocenters. The molecule has 0 aliphatic carbocycles. The maximum atomic E-state index is 13.8. The van der Waals surface area contributed by atoms with Gasteiger partial charge in [0.2, 0.25) is 0 Å². The molecule has 1 amide bonds. The van der Waals surface area contributed by atoms with Crippen LogP contribution in [0.25, 0.3) is 0 Å². The number of hydrogen-bond donors (Lipinski definition) is 0. The van der Waals surface area contributed by atoms with E-state index in [-0.39, 0.29) is 42.0 Å². The lowest BCUT2D eigenvalue weighted by Gasteiger charge is -2.24. The van der Waals surface area contributed by atoms with Crippen LogP contribution in [0, 0.1) is 19.7 Å². The highest BCUT2D eigenvalue weighted by Crippen LogP contribution is 2.33. The van der Waals surface area contributed by atoms with Crippen molar-refractivity contribution in [2.45, 2.75) is 33.6 Å². The standard InChI is InChI=1S/C28H26Cl2FNO5/c1-4-5-26(33)36-12-13-37-28(35)32(25-11-7-20(31)15-18(25)3)21-8-10-23(24(30)16-21)27(34)22-9-6-19(29)14-17(22)2/h6-11,14-16H,4-5,12-13H2,1-3H3. The molecule has 0 aliphatic rings. The van der Waals surface area contributed by atoms with E-state index in [9.17, 15) is 18.8 Å². The van der Waals surface area contributed by atoms with Gasteiger partial charge in [-0.05, 0) is 86.0 Å². The second-order valence-electron chi connectivity index (χ2n) is 8.30. The molecule has 3 aromatic carbocycles. The van der Waals surface area contributed by atoms with Gasteiger partial charge in [-0.1, -0.05) is 30.1 Å². The Hall–Kier alpha value is -3.42. The van der Waals surface area contributed by atoms with Crippen molar-refractivity contribution in [2.75, 3.05) is 18.1 Å². The Balaban J connectivity index is 1.90. The van der Waals surface area contributed by atoms with Gasteiger partial charge in [-0.25, -0.2) is 14.1 Å². The number of ether oxygens (including phenoxy) is 2. The van der Waals surface area contributed by atoms with Gasteiger partial charge in [0.15, 0.2) is 5.78 Å². The number of halogens is 3. The molecule has 0 aliphatic heterocycles. The third kappa shape index (κ3) is 7.08. The van der Waals surface area contributed by atoms with Gasteiger partial charge in [0.25, 0.3) is 0 Å². The van der Waals surface area contributed by atoms with Crippen molar-refractivity contribution < 1.29 is 28.2 Å². The van der Waals surface area contributed by atoms with E-state index in [0.29, 0.717) is 39.5 Å². The summed E-state index contributed by atoms with van der Waals surface area (Å²) in [6, 6.07) is 13.4. The topological polar surface area (TPSA) is 72.9 Å². The van der Waals surface area contributed by atoms with Gasteiger partial charge < -0.3 is 9.47 Å². The Kier molecular flexibility index (Phi) is 9.66. The average molecular weight is 546 g/mol. The van der Waals surface area contributed by atoms with Crippen LogP contribution in [0.15, 0.2) is 54.6 Å². The second-order valence-corrected chi connectivity index (χ2v) is 9.15. The first kappa shape index (κ1) is 28.2. The van der Waals surface area contributed by atoms with Gasteiger partial charge >= 0.3 is 12.1 Å². The van der Waals surface area contributed by atoms with Gasteiger partial charge in [-0.2, -0.15) is 0 Å². The van der Waals surface area contributed by atoms with Crippen LogP contribution in [0.4, 0.5) is 20.6 Å². The number of nitrogens with zero attached hydrogens (tertiary/aromatic N) is 1. The summed E-state index contributed by atoms with van der Waals surface area (Å²) in [5, 5.41) is 0.627. The number of amides is 1. The molecule has 0 saturated carbocycles. The first-order valence-corrected chi connectivity index (χ1v) is 12.4. The SMILES string of the molecule is CCCC(=O)OCCOC(=O)N(c1ccc(C(=O)c2ccc(Cl)cc2C)c(Cl)c1)c1ccc(F)cc1C. The number of benzene rings is 3. The third-order valence-electron chi connectivity index (χ3n) is 5.50. The lowest BCUT2D eigenvalue weighted by molar-refractivity contribution is -0.144. The number of aryl methyl sites for hydroxylation is 2. The average Bonchev–Trinajstić information content (AvgIpc) is 2.83. The Morgan fingerprint density at radius 3 is 2.22 bits per heavy atom. The Labute approximate surface area is 224 Å². The van der Waals surface area contributed by atoms with Gasteiger partial charge in [0.1, 0.15) is 19.0 Å². The lowest BCUT2D eigenvalue weighted by atomic mass is 9.98. The highest BCUT2D eigenvalue weighted by Gasteiger charge is 2.24. The molecule has 0 unspecified atom stereocenters. The minimum atomic E-state index is -0.787. The molecular weight excluding hydrogens is 520 g/mol. The first-order chi connectivity index (χ1) is 17.6. The summed E-state index contributed by atoms with van der Waals surface area (Å²) in [4.78, 5) is 39.0. The largest absolute Gasteiger partial charge is 0.462 e. The molecule has 0 aromatic heterocycles. The highest BCUT2D eigenvalue weighted by molar-refractivity contribution is 6.35. The lowest BCUT2D eigenvalue weighted by Crippen LogP contribution is -2.29. The summed E-state index contributed by atoms with van der Waals surface area (Å²) in [6.07, 6.45) is 0.131. The van der Waals surface area contributed by atoms with Gasteiger partial charge in [-0.15, -0.1) is 0 Å². The van der Waals surface area contributed by atoms with Crippen LogP contribution in [0.2, 0.25) is 10.0 Å². The summed E-state index contributed by atoms with van der Waals surface area (Å²) in [7, 11) is 0. The molecule has 0 spiro atoms. The zero-order chi connectivity index (χ0) is 27.1. The van der Waals surface area contributed by atoms with Gasteiger partial charge in [0.05, 0.1) is 16.4 Å². The van der Waals surface area contributed by atoms with E-state index >= 15 is 0 Å². The van der Waals surface area contributed by atoms with Crippen molar-refractivity contribution in [1.29, 1.82) is 0 Å². The number of ketones is 1. The number of anilines is 2. The van der Waals surface area contributed by atoms with E-state index in [1.165, 1.54) is 35.2 Å². The molecule has 0 heterocycles. The fraction of sp³-hybridized carbons (Fsp3) is 0.250. The Morgan fingerprint density at radius 2 is 1.57 bits per heavy atom. The monoisotopic (exact) mass is 545 g/mol. The molecule has 0 fully saturated rings. The molecule has 0 radical (unpaired) electrons. The number of carbonyl (C=O) groups is 3. The predicted octanol–water partition coefficient (Wildman–Crippen LogP) is 7.60. The van der Waals surface area contributed by atoms with Crippen LogP contribution in [-0.2, 0) is 14.3 Å². The van der Waals surface area contributed by atoms with Crippen molar-refractivity contribution in [3.05, 3.63) is 92.7 Å². The predicted molar refractivity (Wildman–Crippen MR) is 142 cm³/mol. The summed E-state index contributed by atoms with van der Waals surface area (Å²) < 4.78 is 24.1. The van der Waals surface area contributed by atoms with E-state index in [1.54, 1.807) is 38.1 Å². The molecule has 37 heavy (non-hydrogen) atoms. The van der Waals surface area contributed by atoms with E-state index in [4.69, 9.17) is 32.7 Å². The summed E-state index contributed by atoms with van der Waals surface area (Å²) in [5.41, 5.74) is 2.52. The van der Waals surface area contributed by atoms with Gasteiger partial charge in [0, 0.05) is 22.6 Å². The number of carbonyl (C=O) groups excluding carboxylic acids is 3. The van der Waals surface area contributed by atoms with E-state index in [0.717, 1.165) is 0 Å². The minimum Gasteiger partial charge on any atom is -0.462 e. The molecule has 9 heteroatoms. The summed E-state index contributed by atoms with van der Waals surface area (Å²) >= 11 is 12.5. The number of rotatable bonds is 9. The normalized spacial score (nSPS) is 10.6. The minimum absolute atomic E-state index is 0.102. The second kappa shape index (κ2) is 12.7. The quantitative estimate of drug-likeness (QED) is 0.157. The molecule has 6 nitrogen and oxygen atoms in total. The van der Waals surface area contributed by atoms with Crippen molar-refractivity contribution >= 4 is 52.4 Å². The Morgan fingerprint density at radius 1 is 0.865 bits per heavy atom. The summed E-state index contributed by atoms with van der Waals surface area (Å²) in [5.74, 6) is -1.14. The Bertz CT molecular complexity index is 1330. The number of esters is 1. The number of hydrogen-bond acceptors (Lipinski definition) is 5. The zero-order valence-corrected chi connectivity index (χ0v) is 22.2. The molecular formula is C28H26Cl2FNO5. The third-order valence-corrected chi connectivity index (χ3v) is 6.04. The molecule has 0 N–H and O–H groups in total. The van der Waals surface area contributed by atoms with E-state index < -0.39 is 11.9 Å². The maximum Gasteiger partial charge on any atom is 0.419 e. The van der Waals surface area contributed by atoms with Crippen molar-refractivity contribution in [1.82, 2.24) is 0 Å². The first-order valence-electron chi connectivity index (χ1n) is 11.6. The van der Waals surface area contributed by atoms with E-state index in [1.807, 2.05) is 6.92 Å². The maximum absolute atomic E-state index is 13.8. The molecule has 3 rings (SSSR count). The fourth-order valence-corrected chi connectivity index (χ4v) is 4.18. The zero-order valence-electron chi connectivity index (χ0n) is 20.6. The fourth-order valence-electron chi connectivity index (χ4n) is 3.69. The summed E-state index contributed by atoms with van der Waals surface area (Å²) in [6.45, 7) is 5.00. The van der Waals surface area contributed by atoms with Crippen LogP contribution in [0.1, 0.15) is 46.8 Å². The van der Waals surface area contributed by atoms with Crippen LogP contribution < -0.4 is 4.90 Å². The van der Waals surface area contributed by atoms with Crippen LogP contribution in [0.5, 0.6) is 0 Å². The van der Waals surface area contributed by atoms with Crippen LogP contribution >= 0.6 is 23.2 Å². The van der Waals surface area contributed by atoms with Crippen LogP contribution in [-0.4, -0.2) is 31.1 Å².